The molecule has 0 amide bonds. The fraction of sp³-hybridized carbons (Fsp3) is 0. The SMILES string of the molecule is [C-](=Cc1cccc(-c2[c-]cccc2)n1)c1ccccc1-c1ccccn1.[Pt+2]. The maximum Gasteiger partial charge on any atom is 2.00 e. The minimum absolute atomic E-state index is 0. The van der Waals surface area contributed by atoms with E-state index in [1.165, 1.54) is 0 Å². The molecule has 0 N–H and O–H groups in total. The standard InChI is InChI=1S/C24H16N2.Pt/c1-2-10-20(11-3-1)23-15-8-12-21(26-23)17-16-19-9-4-5-13-22(19)24-14-6-7-18-25-24;/h1-10,12-15,17-18H;/q-2;+2. The minimum atomic E-state index is 0. The van der Waals surface area contributed by atoms with E-state index < -0.39 is 0 Å². The van der Waals surface area contributed by atoms with Crippen LogP contribution < -0.4 is 0 Å². The van der Waals surface area contributed by atoms with Crippen LogP contribution in [0.1, 0.15) is 11.3 Å². The first kappa shape index (κ1) is 18.9. The van der Waals surface area contributed by atoms with Crippen molar-refractivity contribution in [3.8, 4) is 22.5 Å². The van der Waals surface area contributed by atoms with Crippen LogP contribution in [-0.2, 0) is 21.1 Å². The second kappa shape index (κ2) is 9.21. The Bertz CT molecular complexity index is 1030. The van der Waals surface area contributed by atoms with E-state index in [0.29, 0.717) is 0 Å². The van der Waals surface area contributed by atoms with Gasteiger partial charge >= 0.3 is 21.1 Å². The van der Waals surface area contributed by atoms with Crippen molar-refractivity contribution < 1.29 is 21.1 Å². The van der Waals surface area contributed by atoms with Gasteiger partial charge in [-0.15, -0.1) is 65.7 Å². The molecule has 0 aliphatic rings. The molecular weight excluding hydrogens is 511 g/mol. The molecule has 0 fully saturated rings. The summed E-state index contributed by atoms with van der Waals surface area (Å²) in [5.41, 5.74) is 5.72. The Morgan fingerprint density at radius 2 is 1.59 bits per heavy atom. The van der Waals surface area contributed by atoms with Crippen LogP contribution in [0.25, 0.3) is 28.6 Å². The van der Waals surface area contributed by atoms with Crippen molar-refractivity contribution in [1.29, 1.82) is 0 Å². The van der Waals surface area contributed by atoms with Gasteiger partial charge in [0, 0.05) is 11.9 Å². The number of benzene rings is 2. The predicted molar refractivity (Wildman–Crippen MR) is 105 cm³/mol. The van der Waals surface area contributed by atoms with E-state index in [0.717, 1.165) is 33.8 Å². The van der Waals surface area contributed by atoms with Crippen molar-refractivity contribution in [3.63, 3.8) is 0 Å². The Kier molecular flexibility index (Phi) is 6.46. The van der Waals surface area contributed by atoms with Crippen molar-refractivity contribution >= 4 is 6.08 Å². The molecule has 2 nitrogen and oxygen atoms in total. The molecule has 0 bridgehead atoms. The van der Waals surface area contributed by atoms with E-state index in [-0.39, 0.29) is 21.1 Å². The Hall–Kier alpha value is -2.83. The van der Waals surface area contributed by atoms with Gasteiger partial charge in [-0.3, -0.25) is 4.98 Å². The molecule has 27 heavy (non-hydrogen) atoms. The summed E-state index contributed by atoms with van der Waals surface area (Å²) in [5.74, 6) is 0. The van der Waals surface area contributed by atoms with Gasteiger partial charge in [-0.25, -0.2) is 0 Å². The second-order valence-electron chi connectivity index (χ2n) is 5.77. The molecule has 0 unspecified atom stereocenters. The van der Waals surface area contributed by atoms with Crippen molar-refractivity contribution in [2.75, 3.05) is 0 Å². The van der Waals surface area contributed by atoms with Crippen LogP contribution in [0.2, 0.25) is 0 Å². The molecule has 3 heteroatoms. The number of pyridine rings is 2. The van der Waals surface area contributed by atoms with Crippen LogP contribution in [-0.4, -0.2) is 9.97 Å². The van der Waals surface area contributed by atoms with Crippen molar-refractivity contribution in [2.24, 2.45) is 0 Å². The van der Waals surface area contributed by atoms with Crippen molar-refractivity contribution in [2.45, 2.75) is 0 Å². The number of aromatic nitrogens is 2. The summed E-state index contributed by atoms with van der Waals surface area (Å²) in [6.45, 7) is 0. The number of rotatable bonds is 4. The fourth-order valence-electron chi connectivity index (χ4n) is 2.74. The second-order valence-corrected chi connectivity index (χ2v) is 5.77. The first-order valence-electron chi connectivity index (χ1n) is 8.44. The zero-order valence-electron chi connectivity index (χ0n) is 14.4. The molecule has 0 atom stereocenters. The smallest absolute Gasteiger partial charge is 0.345 e. The Morgan fingerprint density at radius 3 is 2.41 bits per heavy atom. The summed E-state index contributed by atoms with van der Waals surface area (Å²) in [6.07, 6.45) is 7.08. The summed E-state index contributed by atoms with van der Waals surface area (Å²) >= 11 is 0. The first-order valence-corrected chi connectivity index (χ1v) is 8.44. The molecular formula is C24H16N2Pt. The maximum absolute atomic E-state index is 4.70. The molecule has 0 aliphatic heterocycles. The van der Waals surface area contributed by atoms with Crippen molar-refractivity contribution in [1.82, 2.24) is 9.97 Å². The third-order valence-electron chi connectivity index (χ3n) is 4.00. The predicted octanol–water partition coefficient (Wildman–Crippen LogP) is 5.47. The quantitative estimate of drug-likeness (QED) is 0.329. The van der Waals surface area contributed by atoms with E-state index in [2.05, 4.69) is 23.2 Å². The zero-order valence-corrected chi connectivity index (χ0v) is 16.7. The normalized spacial score (nSPS) is 10.5. The van der Waals surface area contributed by atoms with Crippen LogP contribution in [0.4, 0.5) is 0 Å². The minimum Gasteiger partial charge on any atom is -0.345 e. The fourth-order valence-corrected chi connectivity index (χ4v) is 2.74. The van der Waals surface area contributed by atoms with Gasteiger partial charge in [-0.2, -0.15) is 0 Å². The first-order chi connectivity index (χ1) is 12.9. The van der Waals surface area contributed by atoms with Gasteiger partial charge in [0.05, 0.1) is 0 Å². The third kappa shape index (κ3) is 4.67. The zero-order chi connectivity index (χ0) is 17.6. The molecule has 132 valence electrons. The van der Waals surface area contributed by atoms with Gasteiger partial charge in [0.25, 0.3) is 0 Å². The largest absolute Gasteiger partial charge is 2.00 e. The topological polar surface area (TPSA) is 25.8 Å². The van der Waals surface area contributed by atoms with Gasteiger partial charge < -0.3 is 4.98 Å². The molecule has 0 radical (unpaired) electrons. The summed E-state index contributed by atoms with van der Waals surface area (Å²) in [6, 6.07) is 31.1. The van der Waals surface area contributed by atoms with E-state index in [9.17, 15) is 0 Å². The van der Waals surface area contributed by atoms with Gasteiger partial charge in [-0.05, 0) is 23.5 Å². The third-order valence-corrected chi connectivity index (χ3v) is 4.00. The van der Waals surface area contributed by atoms with Crippen LogP contribution in [0.3, 0.4) is 0 Å². The van der Waals surface area contributed by atoms with Crippen LogP contribution in [0.15, 0.2) is 91.1 Å². The van der Waals surface area contributed by atoms with Crippen LogP contribution in [0, 0.1) is 12.1 Å². The summed E-state index contributed by atoms with van der Waals surface area (Å²) < 4.78 is 0. The Balaban J connectivity index is 0.00000210. The van der Waals surface area contributed by atoms with E-state index in [1.54, 1.807) is 6.20 Å². The maximum atomic E-state index is 4.70. The van der Waals surface area contributed by atoms with Crippen LogP contribution >= 0.6 is 0 Å². The number of hydrogen-bond acceptors (Lipinski definition) is 2. The molecule has 0 saturated carbocycles. The summed E-state index contributed by atoms with van der Waals surface area (Å²) in [5, 5.41) is 0. The van der Waals surface area contributed by atoms with Gasteiger partial charge in [0.15, 0.2) is 0 Å². The Labute approximate surface area is 173 Å². The summed E-state index contributed by atoms with van der Waals surface area (Å²) in [7, 11) is 0. The average molecular weight is 527 g/mol. The summed E-state index contributed by atoms with van der Waals surface area (Å²) in [4.78, 5) is 9.14. The van der Waals surface area contributed by atoms with E-state index in [1.807, 2.05) is 84.9 Å². The monoisotopic (exact) mass is 527 g/mol. The number of hydrogen-bond donors (Lipinski definition) is 0. The van der Waals surface area contributed by atoms with E-state index in [4.69, 9.17) is 4.98 Å². The molecule has 2 aromatic carbocycles. The molecule has 0 saturated heterocycles. The van der Waals surface area contributed by atoms with Gasteiger partial charge in [0.2, 0.25) is 0 Å². The molecule has 4 rings (SSSR count). The van der Waals surface area contributed by atoms with Gasteiger partial charge in [-0.1, -0.05) is 42.0 Å². The number of nitrogens with zero attached hydrogens (tertiary/aromatic N) is 2. The van der Waals surface area contributed by atoms with Crippen LogP contribution in [0.5, 0.6) is 0 Å². The molecule has 0 aliphatic carbocycles. The molecule has 2 aromatic heterocycles. The molecule has 0 spiro atoms. The molecule has 2 heterocycles. The van der Waals surface area contributed by atoms with Gasteiger partial charge in [0.1, 0.15) is 0 Å². The average Bonchev–Trinajstić information content (AvgIpc) is 2.74. The van der Waals surface area contributed by atoms with E-state index >= 15 is 0 Å². The molecule has 4 aromatic rings. The Morgan fingerprint density at radius 1 is 0.778 bits per heavy atom. The van der Waals surface area contributed by atoms with Crippen molar-refractivity contribution in [3.05, 3.63) is 115 Å².